The molecule has 1 aliphatic heterocycles. The molecule has 26 heavy (non-hydrogen) atoms. The number of fused-ring (bicyclic) bond motifs is 1. The molecule has 0 unspecified atom stereocenters. The van der Waals surface area contributed by atoms with Crippen molar-refractivity contribution >= 4 is 23.5 Å². The molecule has 0 radical (unpaired) electrons. The van der Waals surface area contributed by atoms with Gasteiger partial charge in [-0.25, -0.2) is 4.79 Å². The van der Waals surface area contributed by atoms with Crippen molar-refractivity contribution in [3.05, 3.63) is 59.7 Å². The highest BCUT2D eigenvalue weighted by molar-refractivity contribution is 5.98. The molecule has 0 aromatic heterocycles. The van der Waals surface area contributed by atoms with Crippen LogP contribution in [0.4, 0.5) is 5.69 Å². The van der Waals surface area contributed by atoms with E-state index in [4.69, 9.17) is 15.2 Å². The molecule has 134 valence electrons. The van der Waals surface area contributed by atoms with Crippen LogP contribution in [-0.2, 0) is 20.7 Å². The van der Waals surface area contributed by atoms with E-state index in [1.54, 1.807) is 4.90 Å². The number of anilines is 1. The summed E-state index contributed by atoms with van der Waals surface area (Å²) in [4.78, 5) is 36.7. The quantitative estimate of drug-likeness (QED) is 0.788. The Morgan fingerprint density at radius 3 is 2.46 bits per heavy atom. The average molecular weight is 354 g/mol. The first kappa shape index (κ1) is 17.5. The zero-order chi connectivity index (χ0) is 18.5. The first-order valence-electron chi connectivity index (χ1n) is 8.11. The Morgan fingerprint density at radius 1 is 1.00 bits per heavy atom. The van der Waals surface area contributed by atoms with Crippen LogP contribution in [0.25, 0.3) is 0 Å². The second kappa shape index (κ2) is 7.69. The Hall–Kier alpha value is -3.35. The summed E-state index contributed by atoms with van der Waals surface area (Å²) in [5.74, 6) is -1.04. The molecule has 0 saturated heterocycles. The number of para-hydroxylation sites is 1. The summed E-state index contributed by atoms with van der Waals surface area (Å²) in [6, 6.07) is 13.7. The zero-order valence-corrected chi connectivity index (χ0v) is 14.0. The fourth-order valence-corrected chi connectivity index (χ4v) is 2.73. The van der Waals surface area contributed by atoms with Gasteiger partial charge >= 0.3 is 5.97 Å². The second-order valence-electron chi connectivity index (χ2n) is 5.78. The van der Waals surface area contributed by atoms with Gasteiger partial charge in [0.05, 0.1) is 5.56 Å². The summed E-state index contributed by atoms with van der Waals surface area (Å²) in [5.41, 5.74) is 7.25. The van der Waals surface area contributed by atoms with E-state index in [0.29, 0.717) is 12.3 Å². The molecule has 2 amide bonds. The van der Waals surface area contributed by atoms with Crippen LogP contribution in [0.1, 0.15) is 15.9 Å². The van der Waals surface area contributed by atoms with Crippen LogP contribution in [-0.4, -0.2) is 37.5 Å². The van der Waals surface area contributed by atoms with E-state index >= 15 is 0 Å². The van der Waals surface area contributed by atoms with Gasteiger partial charge < -0.3 is 20.1 Å². The highest BCUT2D eigenvalue weighted by Gasteiger charge is 2.25. The van der Waals surface area contributed by atoms with Crippen LogP contribution in [0.15, 0.2) is 48.5 Å². The molecule has 1 heterocycles. The molecule has 2 aromatic rings. The topological polar surface area (TPSA) is 98.9 Å². The minimum atomic E-state index is -0.604. The molecule has 0 saturated carbocycles. The number of primary amides is 1. The minimum Gasteiger partial charge on any atom is -0.484 e. The van der Waals surface area contributed by atoms with E-state index in [1.165, 1.54) is 24.3 Å². The third kappa shape index (κ3) is 4.00. The number of nitrogens with zero attached hydrogens (tertiary/aromatic N) is 1. The Morgan fingerprint density at radius 2 is 1.73 bits per heavy atom. The third-order valence-electron chi connectivity index (χ3n) is 3.99. The van der Waals surface area contributed by atoms with Crippen LogP contribution in [0.5, 0.6) is 5.75 Å². The monoisotopic (exact) mass is 354 g/mol. The predicted molar refractivity (Wildman–Crippen MR) is 93.9 cm³/mol. The van der Waals surface area contributed by atoms with Crippen LogP contribution >= 0.6 is 0 Å². The highest BCUT2D eigenvalue weighted by Crippen LogP contribution is 2.27. The Labute approximate surface area is 150 Å². The van der Waals surface area contributed by atoms with Gasteiger partial charge in [-0.1, -0.05) is 18.2 Å². The van der Waals surface area contributed by atoms with Crippen molar-refractivity contribution in [1.82, 2.24) is 0 Å². The van der Waals surface area contributed by atoms with Crippen molar-refractivity contribution in [3.63, 3.8) is 0 Å². The number of carbonyl (C=O) groups excluding carboxylic acids is 3. The van der Waals surface area contributed by atoms with E-state index in [2.05, 4.69) is 0 Å². The standard InChI is InChI=1S/C19H18N2O5/c20-17(22)11-25-15-7-5-14(6-8-15)19(24)26-12-18(23)21-10-9-13-3-1-2-4-16(13)21/h1-8H,9-12H2,(H2,20,22). The molecule has 1 aliphatic rings. The highest BCUT2D eigenvalue weighted by atomic mass is 16.5. The van der Waals surface area contributed by atoms with Gasteiger partial charge in [0, 0.05) is 12.2 Å². The number of benzene rings is 2. The number of ether oxygens (including phenoxy) is 2. The van der Waals surface area contributed by atoms with Gasteiger partial charge in [0.2, 0.25) is 0 Å². The third-order valence-corrected chi connectivity index (χ3v) is 3.99. The molecule has 7 heteroatoms. The molecular weight excluding hydrogens is 336 g/mol. The van der Waals surface area contributed by atoms with E-state index in [9.17, 15) is 14.4 Å². The number of rotatable bonds is 6. The smallest absolute Gasteiger partial charge is 0.338 e. The van der Waals surface area contributed by atoms with Crippen LogP contribution in [0.2, 0.25) is 0 Å². The van der Waals surface area contributed by atoms with E-state index < -0.39 is 11.9 Å². The number of hydrogen-bond acceptors (Lipinski definition) is 5. The normalized spacial score (nSPS) is 12.4. The molecular formula is C19H18N2O5. The minimum absolute atomic E-state index is 0.240. The van der Waals surface area contributed by atoms with E-state index in [1.807, 2.05) is 24.3 Å². The molecule has 2 aromatic carbocycles. The van der Waals surface area contributed by atoms with Crippen molar-refractivity contribution in [2.75, 3.05) is 24.7 Å². The molecule has 2 N–H and O–H groups in total. The average Bonchev–Trinajstić information content (AvgIpc) is 3.09. The van der Waals surface area contributed by atoms with Gasteiger partial charge in [0.25, 0.3) is 11.8 Å². The van der Waals surface area contributed by atoms with Gasteiger partial charge in [-0.05, 0) is 42.3 Å². The lowest BCUT2D eigenvalue weighted by Crippen LogP contribution is -2.33. The van der Waals surface area contributed by atoms with Crippen molar-refractivity contribution in [3.8, 4) is 5.75 Å². The Kier molecular flexibility index (Phi) is 5.17. The number of carbonyl (C=O) groups is 3. The predicted octanol–water partition coefficient (Wildman–Crippen LogP) is 1.30. The van der Waals surface area contributed by atoms with Gasteiger partial charge in [-0.2, -0.15) is 0 Å². The first-order valence-corrected chi connectivity index (χ1v) is 8.11. The van der Waals surface area contributed by atoms with Crippen molar-refractivity contribution in [1.29, 1.82) is 0 Å². The maximum absolute atomic E-state index is 12.3. The Balaban J connectivity index is 1.54. The zero-order valence-electron chi connectivity index (χ0n) is 14.0. The SMILES string of the molecule is NC(=O)COc1ccc(C(=O)OCC(=O)N2CCc3ccccc32)cc1. The number of esters is 1. The number of nitrogens with two attached hydrogens (primary N) is 1. The summed E-state index contributed by atoms with van der Waals surface area (Å²) in [5, 5.41) is 0. The van der Waals surface area contributed by atoms with E-state index in [-0.39, 0.29) is 24.7 Å². The largest absolute Gasteiger partial charge is 0.484 e. The first-order chi connectivity index (χ1) is 12.5. The lowest BCUT2D eigenvalue weighted by molar-refractivity contribution is -0.121. The van der Waals surface area contributed by atoms with Gasteiger partial charge in [-0.3, -0.25) is 9.59 Å². The molecule has 3 rings (SSSR count). The van der Waals surface area contributed by atoms with Crippen molar-refractivity contribution in [2.24, 2.45) is 5.73 Å². The summed E-state index contributed by atoms with van der Waals surface area (Å²) in [6.07, 6.45) is 0.794. The summed E-state index contributed by atoms with van der Waals surface area (Å²) in [7, 11) is 0. The molecule has 0 aliphatic carbocycles. The summed E-state index contributed by atoms with van der Waals surface area (Å²) >= 11 is 0. The molecule has 7 nitrogen and oxygen atoms in total. The Bertz CT molecular complexity index is 832. The van der Waals surface area contributed by atoms with Gasteiger partial charge in [0.15, 0.2) is 13.2 Å². The molecule has 0 atom stereocenters. The second-order valence-corrected chi connectivity index (χ2v) is 5.78. The van der Waals surface area contributed by atoms with Crippen molar-refractivity contribution in [2.45, 2.75) is 6.42 Å². The molecule has 0 spiro atoms. The van der Waals surface area contributed by atoms with Crippen molar-refractivity contribution < 1.29 is 23.9 Å². The summed E-state index contributed by atoms with van der Waals surface area (Å²) < 4.78 is 10.2. The van der Waals surface area contributed by atoms with Crippen LogP contribution in [0, 0.1) is 0 Å². The van der Waals surface area contributed by atoms with E-state index in [0.717, 1.165) is 17.7 Å². The lowest BCUT2D eigenvalue weighted by Gasteiger charge is -2.17. The molecule has 0 fully saturated rings. The number of hydrogen-bond donors (Lipinski definition) is 1. The lowest BCUT2D eigenvalue weighted by atomic mass is 10.2. The maximum atomic E-state index is 12.3. The molecule has 0 bridgehead atoms. The van der Waals surface area contributed by atoms with Gasteiger partial charge in [-0.15, -0.1) is 0 Å². The fourth-order valence-electron chi connectivity index (χ4n) is 2.73. The van der Waals surface area contributed by atoms with Crippen LogP contribution in [0.3, 0.4) is 0 Å². The maximum Gasteiger partial charge on any atom is 0.338 e. The number of amides is 2. The van der Waals surface area contributed by atoms with Gasteiger partial charge in [0.1, 0.15) is 5.75 Å². The fraction of sp³-hybridized carbons (Fsp3) is 0.211. The summed E-state index contributed by atoms with van der Waals surface area (Å²) in [6.45, 7) is 0.0182. The van der Waals surface area contributed by atoms with Crippen LogP contribution < -0.4 is 15.4 Å².